The molecule has 0 aliphatic carbocycles. The maximum atomic E-state index is 12.0. The first-order chi connectivity index (χ1) is 12.1. The minimum atomic E-state index is -0.239. The average Bonchev–Trinajstić information content (AvgIpc) is 2.63. The molecule has 2 aromatic carbocycles. The lowest BCUT2D eigenvalue weighted by Gasteiger charge is -2.09. The topological polar surface area (TPSA) is 76.7 Å². The number of aryl methyl sites for hydroxylation is 1. The largest absolute Gasteiger partial charge is 0.497 e. The molecule has 0 saturated carbocycles. The molecule has 0 saturated heterocycles. The highest BCUT2D eigenvalue weighted by molar-refractivity contribution is 5.94. The van der Waals surface area contributed by atoms with Crippen LogP contribution in [0.1, 0.15) is 15.9 Å². The van der Waals surface area contributed by atoms with Crippen LogP contribution in [-0.2, 0) is 4.79 Å². The van der Waals surface area contributed by atoms with Crippen molar-refractivity contribution in [1.29, 1.82) is 0 Å². The predicted octanol–water partition coefficient (Wildman–Crippen LogP) is 1.93. The van der Waals surface area contributed by atoms with Crippen LogP contribution < -0.4 is 20.1 Å². The summed E-state index contributed by atoms with van der Waals surface area (Å²) in [6.45, 7) is 2.54. The maximum absolute atomic E-state index is 12.0. The number of ether oxygens (including phenoxy) is 2. The quantitative estimate of drug-likeness (QED) is 0.719. The highest BCUT2D eigenvalue weighted by Gasteiger charge is 2.07. The summed E-state index contributed by atoms with van der Waals surface area (Å²) in [5, 5.41) is 5.43. The number of nitrogens with one attached hydrogen (secondary N) is 2. The van der Waals surface area contributed by atoms with Gasteiger partial charge in [0.15, 0.2) is 6.61 Å². The normalized spacial score (nSPS) is 10.0. The molecule has 6 nitrogen and oxygen atoms in total. The van der Waals surface area contributed by atoms with Gasteiger partial charge in [-0.3, -0.25) is 9.59 Å². The molecule has 2 aromatic rings. The molecule has 0 spiro atoms. The molecule has 0 aromatic heterocycles. The maximum Gasteiger partial charge on any atom is 0.258 e. The van der Waals surface area contributed by atoms with Crippen LogP contribution in [0.2, 0.25) is 0 Å². The number of amides is 2. The minimum Gasteiger partial charge on any atom is -0.497 e. The molecule has 2 N–H and O–H groups in total. The Hall–Kier alpha value is -3.02. The molecule has 0 aliphatic heterocycles. The summed E-state index contributed by atoms with van der Waals surface area (Å²) < 4.78 is 10.5. The summed E-state index contributed by atoms with van der Waals surface area (Å²) in [5.41, 5.74) is 1.58. The van der Waals surface area contributed by atoms with Gasteiger partial charge in [-0.25, -0.2) is 0 Å². The molecule has 0 fully saturated rings. The van der Waals surface area contributed by atoms with Gasteiger partial charge in [-0.15, -0.1) is 0 Å². The zero-order valence-electron chi connectivity index (χ0n) is 14.4. The summed E-state index contributed by atoms with van der Waals surface area (Å²) in [6.07, 6.45) is 0. The monoisotopic (exact) mass is 342 g/mol. The van der Waals surface area contributed by atoms with E-state index in [1.54, 1.807) is 37.4 Å². The van der Waals surface area contributed by atoms with Crippen molar-refractivity contribution < 1.29 is 19.1 Å². The molecule has 2 amide bonds. The van der Waals surface area contributed by atoms with Crippen LogP contribution in [0.3, 0.4) is 0 Å². The van der Waals surface area contributed by atoms with Crippen molar-refractivity contribution in [2.45, 2.75) is 6.92 Å². The Morgan fingerprint density at radius 2 is 1.68 bits per heavy atom. The van der Waals surface area contributed by atoms with E-state index in [1.165, 1.54) is 0 Å². The number of carbonyl (C=O) groups is 2. The molecule has 25 heavy (non-hydrogen) atoms. The van der Waals surface area contributed by atoms with Crippen molar-refractivity contribution in [3.63, 3.8) is 0 Å². The Labute approximate surface area is 147 Å². The van der Waals surface area contributed by atoms with Gasteiger partial charge in [-0.1, -0.05) is 18.2 Å². The fourth-order valence-electron chi connectivity index (χ4n) is 2.15. The van der Waals surface area contributed by atoms with Crippen molar-refractivity contribution >= 4 is 11.8 Å². The highest BCUT2D eigenvalue weighted by Crippen LogP contribution is 2.12. The molecule has 0 atom stereocenters. The van der Waals surface area contributed by atoms with Gasteiger partial charge >= 0.3 is 0 Å². The molecular formula is C19H22N2O4. The molecule has 2 rings (SSSR count). The molecule has 0 aliphatic rings. The highest BCUT2D eigenvalue weighted by atomic mass is 16.5. The van der Waals surface area contributed by atoms with Crippen LogP contribution in [0.25, 0.3) is 0 Å². The van der Waals surface area contributed by atoms with E-state index in [2.05, 4.69) is 10.6 Å². The first kappa shape index (κ1) is 18.3. The number of benzene rings is 2. The van der Waals surface area contributed by atoms with E-state index in [0.29, 0.717) is 30.2 Å². The van der Waals surface area contributed by atoms with Crippen LogP contribution in [0, 0.1) is 6.92 Å². The summed E-state index contributed by atoms with van der Waals surface area (Å²) >= 11 is 0. The molecule has 0 heterocycles. The van der Waals surface area contributed by atoms with Gasteiger partial charge in [0.1, 0.15) is 11.5 Å². The molecule has 6 heteroatoms. The second-order valence-electron chi connectivity index (χ2n) is 5.44. The number of methoxy groups -OCH3 is 1. The van der Waals surface area contributed by atoms with Crippen molar-refractivity contribution in [3.05, 3.63) is 59.7 Å². The van der Waals surface area contributed by atoms with Gasteiger partial charge in [0.2, 0.25) is 0 Å². The third kappa shape index (κ3) is 6.18. The smallest absolute Gasteiger partial charge is 0.258 e. The molecular weight excluding hydrogens is 320 g/mol. The van der Waals surface area contributed by atoms with E-state index in [1.807, 2.05) is 25.1 Å². The fourth-order valence-corrected chi connectivity index (χ4v) is 2.15. The minimum absolute atomic E-state index is 0.0622. The van der Waals surface area contributed by atoms with Crippen LogP contribution in [-0.4, -0.2) is 38.6 Å². The van der Waals surface area contributed by atoms with Gasteiger partial charge in [0.25, 0.3) is 11.8 Å². The van der Waals surface area contributed by atoms with E-state index in [-0.39, 0.29) is 18.4 Å². The van der Waals surface area contributed by atoms with Crippen molar-refractivity contribution in [3.8, 4) is 11.5 Å². The van der Waals surface area contributed by atoms with Gasteiger partial charge in [0.05, 0.1) is 7.11 Å². The van der Waals surface area contributed by atoms with E-state index >= 15 is 0 Å². The second kappa shape index (κ2) is 9.32. The molecule has 132 valence electrons. The third-order valence-electron chi connectivity index (χ3n) is 3.42. The predicted molar refractivity (Wildman–Crippen MR) is 95.0 cm³/mol. The van der Waals surface area contributed by atoms with Crippen molar-refractivity contribution in [1.82, 2.24) is 10.6 Å². The molecule has 0 radical (unpaired) electrons. The average molecular weight is 342 g/mol. The van der Waals surface area contributed by atoms with Gasteiger partial charge in [-0.2, -0.15) is 0 Å². The summed E-state index contributed by atoms with van der Waals surface area (Å²) in [5.74, 6) is 0.817. The zero-order chi connectivity index (χ0) is 18.1. The van der Waals surface area contributed by atoms with Crippen LogP contribution >= 0.6 is 0 Å². The number of hydrogen-bond donors (Lipinski definition) is 2. The third-order valence-corrected chi connectivity index (χ3v) is 3.42. The van der Waals surface area contributed by atoms with Crippen LogP contribution in [0.5, 0.6) is 11.5 Å². The standard InChI is InChI=1S/C19H22N2O4/c1-14-5-3-8-17(11-14)25-13-18(22)20-9-10-21-19(23)15-6-4-7-16(12-15)24-2/h3-8,11-12H,9-10,13H2,1-2H3,(H,20,22)(H,21,23). The summed E-state index contributed by atoms with van der Waals surface area (Å²) in [4.78, 5) is 23.7. The van der Waals surface area contributed by atoms with E-state index in [0.717, 1.165) is 5.56 Å². The lowest BCUT2D eigenvalue weighted by atomic mass is 10.2. The Bertz CT molecular complexity index is 731. The number of hydrogen-bond acceptors (Lipinski definition) is 4. The van der Waals surface area contributed by atoms with E-state index in [9.17, 15) is 9.59 Å². The lowest BCUT2D eigenvalue weighted by Crippen LogP contribution is -2.36. The van der Waals surface area contributed by atoms with Crippen molar-refractivity contribution in [2.24, 2.45) is 0 Å². The first-order valence-electron chi connectivity index (χ1n) is 7.97. The van der Waals surface area contributed by atoms with Gasteiger partial charge in [0, 0.05) is 18.7 Å². The van der Waals surface area contributed by atoms with Gasteiger partial charge in [-0.05, 0) is 42.8 Å². The molecule has 0 unspecified atom stereocenters. The Morgan fingerprint density at radius 3 is 2.44 bits per heavy atom. The summed E-state index contributed by atoms with van der Waals surface area (Å²) in [7, 11) is 1.55. The van der Waals surface area contributed by atoms with E-state index < -0.39 is 0 Å². The second-order valence-corrected chi connectivity index (χ2v) is 5.44. The molecule has 0 bridgehead atoms. The lowest BCUT2D eigenvalue weighted by molar-refractivity contribution is -0.123. The zero-order valence-corrected chi connectivity index (χ0v) is 14.4. The number of carbonyl (C=O) groups excluding carboxylic acids is 2. The first-order valence-corrected chi connectivity index (χ1v) is 7.97. The number of rotatable bonds is 8. The summed E-state index contributed by atoms with van der Waals surface area (Å²) in [6, 6.07) is 14.4. The Balaban J connectivity index is 1.66. The van der Waals surface area contributed by atoms with Crippen LogP contribution in [0.15, 0.2) is 48.5 Å². The Morgan fingerprint density at radius 1 is 0.960 bits per heavy atom. The fraction of sp³-hybridized carbons (Fsp3) is 0.263. The van der Waals surface area contributed by atoms with Gasteiger partial charge < -0.3 is 20.1 Å². The van der Waals surface area contributed by atoms with E-state index in [4.69, 9.17) is 9.47 Å². The van der Waals surface area contributed by atoms with Crippen LogP contribution in [0.4, 0.5) is 0 Å². The SMILES string of the molecule is COc1cccc(C(=O)NCCNC(=O)COc2cccc(C)c2)c1. The van der Waals surface area contributed by atoms with Crippen molar-refractivity contribution in [2.75, 3.05) is 26.8 Å². The Kier molecular flexibility index (Phi) is 6.83.